The number of carbonyl (C=O) groups excluding carboxylic acids is 1. The van der Waals surface area contributed by atoms with E-state index < -0.39 is 4.92 Å². The third kappa shape index (κ3) is 2.77. The molecule has 1 N–H and O–H groups in total. The third-order valence-electron chi connectivity index (χ3n) is 2.76. The minimum Gasteiger partial charge on any atom is -0.388 e. The monoisotopic (exact) mass is 251 g/mol. The first-order valence-electron chi connectivity index (χ1n) is 5.80. The molecule has 18 heavy (non-hydrogen) atoms. The lowest BCUT2D eigenvalue weighted by atomic mass is 10.1. The lowest BCUT2D eigenvalue weighted by molar-refractivity contribution is -0.385. The van der Waals surface area contributed by atoms with Crippen molar-refractivity contribution in [3.63, 3.8) is 0 Å². The van der Waals surface area contributed by atoms with Crippen LogP contribution >= 0.6 is 0 Å². The SMILES string of the molecule is CCN(CC)C(=O)c1ccc(NC)cc1[N+](=O)[O-]. The lowest BCUT2D eigenvalue weighted by Crippen LogP contribution is -2.30. The molecule has 1 aromatic carbocycles. The third-order valence-corrected chi connectivity index (χ3v) is 2.76. The number of nitro benzene ring substituents is 1. The summed E-state index contributed by atoms with van der Waals surface area (Å²) in [7, 11) is 1.67. The van der Waals surface area contributed by atoms with Gasteiger partial charge in [-0.1, -0.05) is 0 Å². The Morgan fingerprint density at radius 2 is 2.00 bits per heavy atom. The maximum Gasteiger partial charge on any atom is 0.284 e. The van der Waals surface area contributed by atoms with Crippen LogP contribution < -0.4 is 5.32 Å². The molecular formula is C12H17N3O3. The van der Waals surface area contributed by atoms with E-state index in [1.54, 1.807) is 18.0 Å². The van der Waals surface area contributed by atoms with E-state index in [0.29, 0.717) is 18.8 Å². The first-order valence-corrected chi connectivity index (χ1v) is 5.80. The van der Waals surface area contributed by atoms with E-state index in [1.165, 1.54) is 12.1 Å². The van der Waals surface area contributed by atoms with Gasteiger partial charge in [0.15, 0.2) is 0 Å². The number of carbonyl (C=O) groups is 1. The van der Waals surface area contributed by atoms with E-state index in [-0.39, 0.29) is 17.2 Å². The minimum atomic E-state index is -0.530. The normalized spacial score (nSPS) is 9.94. The summed E-state index contributed by atoms with van der Waals surface area (Å²) in [5, 5.41) is 13.8. The molecule has 0 saturated carbocycles. The van der Waals surface area contributed by atoms with Gasteiger partial charge in [-0.25, -0.2) is 0 Å². The predicted octanol–water partition coefficient (Wildman–Crippen LogP) is 2.12. The summed E-state index contributed by atoms with van der Waals surface area (Å²) in [6, 6.07) is 4.52. The van der Waals surface area contributed by atoms with Crippen molar-refractivity contribution in [2.24, 2.45) is 0 Å². The van der Waals surface area contributed by atoms with Crippen LogP contribution in [0.2, 0.25) is 0 Å². The van der Waals surface area contributed by atoms with E-state index in [9.17, 15) is 14.9 Å². The van der Waals surface area contributed by atoms with Crippen molar-refractivity contribution in [3.05, 3.63) is 33.9 Å². The Kier molecular flexibility index (Phi) is 4.65. The molecule has 0 aromatic heterocycles. The van der Waals surface area contributed by atoms with E-state index in [2.05, 4.69) is 5.32 Å². The molecule has 1 rings (SSSR count). The van der Waals surface area contributed by atoms with Gasteiger partial charge in [0, 0.05) is 31.9 Å². The smallest absolute Gasteiger partial charge is 0.284 e. The van der Waals surface area contributed by atoms with Crippen molar-refractivity contribution < 1.29 is 9.72 Å². The van der Waals surface area contributed by atoms with Gasteiger partial charge in [0.1, 0.15) is 5.56 Å². The van der Waals surface area contributed by atoms with Gasteiger partial charge in [0.05, 0.1) is 4.92 Å². The molecule has 0 unspecified atom stereocenters. The Bertz CT molecular complexity index is 456. The molecule has 0 atom stereocenters. The fourth-order valence-corrected chi connectivity index (χ4v) is 1.70. The zero-order chi connectivity index (χ0) is 13.7. The number of hydrogen-bond acceptors (Lipinski definition) is 4. The highest BCUT2D eigenvalue weighted by Gasteiger charge is 2.23. The second-order valence-electron chi connectivity index (χ2n) is 3.72. The topological polar surface area (TPSA) is 75.5 Å². The quantitative estimate of drug-likeness (QED) is 0.642. The van der Waals surface area contributed by atoms with Crippen molar-refractivity contribution in [3.8, 4) is 0 Å². The maximum absolute atomic E-state index is 12.1. The Morgan fingerprint density at radius 3 is 2.44 bits per heavy atom. The molecule has 1 aromatic rings. The second kappa shape index (κ2) is 6.00. The van der Waals surface area contributed by atoms with Gasteiger partial charge in [0.2, 0.25) is 0 Å². The number of amides is 1. The van der Waals surface area contributed by atoms with Crippen LogP contribution in [0.5, 0.6) is 0 Å². The van der Waals surface area contributed by atoms with Crippen LogP contribution in [0, 0.1) is 10.1 Å². The number of nitrogens with zero attached hydrogens (tertiary/aromatic N) is 2. The second-order valence-corrected chi connectivity index (χ2v) is 3.72. The Morgan fingerprint density at radius 1 is 1.39 bits per heavy atom. The fraction of sp³-hybridized carbons (Fsp3) is 0.417. The zero-order valence-corrected chi connectivity index (χ0v) is 10.8. The summed E-state index contributed by atoms with van der Waals surface area (Å²) in [5.74, 6) is -0.311. The molecule has 6 nitrogen and oxygen atoms in total. The number of rotatable bonds is 5. The molecule has 0 radical (unpaired) electrons. The summed E-state index contributed by atoms with van der Waals surface area (Å²) in [5.41, 5.74) is 0.569. The summed E-state index contributed by atoms with van der Waals surface area (Å²) in [4.78, 5) is 24.2. The van der Waals surface area contributed by atoms with Gasteiger partial charge in [-0.15, -0.1) is 0 Å². The number of nitrogens with one attached hydrogen (secondary N) is 1. The highest BCUT2D eigenvalue weighted by molar-refractivity contribution is 5.98. The Hall–Kier alpha value is -2.11. The van der Waals surface area contributed by atoms with Crippen LogP contribution in [0.25, 0.3) is 0 Å². The predicted molar refractivity (Wildman–Crippen MR) is 69.9 cm³/mol. The fourth-order valence-electron chi connectivity index (χ4n) is 1.70. The number of nitro groups is 1. The van der Waals surface area contributed by atoms with Crippen LogP contribution in [-0.4, -0.2) is 35.9 Å². The Balaban J connectivity index is 3.23. The first kappa shape index (κ1) is 14.0. The standard InChI is InChI=1S/C12H17N3O3/c1-4-14(5-2)12(16)10-7-6-9(13-3)8-11(10)15(17)18/h6-8,13H,4-5H2,1-3H3. The van der Waals surface area contributed by atoms with Crippen LogP contribution in [0.3, 0.4) is 0 Å². The van der Waals surface area contributed by atoms with Crippen molar-refractivity contribution in [1.29, 1.82) is 0 Å². The van der Waals surface area contributed by atoms with Crippen LogP contribution in [-0.2, 0) is 0 Å². The highest BCUT2D eigenvalue weighted by Crippen LogP contribution is 2.24. The summed E-state index contributed by atoms with van der Waals surface area (Å²) >= 11 is 0. The van der Waals surface area contributed by atoms with Gasteiger partial charge in [-0.2, -0.15) is 0 Å². The van der Waals surface area contributed by atoms with Gasteiger partial charge in [0.25, 0.3) is 11.6 Å². The van der Waals surface area contributed by atoms with Gasteiger partial charge < -0.3 is 10.2 Å². The molecule has 0 heterocycles. The summed E-state index contributed by atoms with van der Waals surface area (Å²) in [6.45, 7) is 4.74. The first-order chi connectivity index (χ1) is 8.54. The Labute approximate surface area is 106 Å². The highest BCUT2D eigenvalue weighted by atomic mass is 16.6. The molecule has 0 aliphatic heterocycles. The number of anilines is 1. The molecule has 0 fully saturated rings. The van der Waals surface area contributed by atoms with E-state index >= 15 is 0 Å². The van der Waals surface area contributed by atoms with Crippen molar-refractivity contribution in [1.82, 2.24) is 4.90 Å². The summed E-state index contributed by atoms with van der Waals surface area (Å²) < 4.78 is 0. The van der Waals surface area contributed by atoms with Crippen molar-refractivity contribution in [2.75, 3.05) is 25.5 Å². The lowest BCUT2D eigenvalue weighted by Gasteiger charge is -2.18. The molecular weight excluding hydrogens is 234 g/mol. The average molecular weight is 251 g/mol. The van der Waals surface area contributed by atoms with Gasteiger partial charge in [-0.3, -0.25) is 14.9 Å². The molecule has 0 aliphatic rings. The zero-order valence-electron chi connectivity index (χ0n) is 10.8. The minimum absolute atomic E-state index is 0.128. The largest absolute Gasteiger partial charge is 0.388 e. The van der Waals surface area contributed by atoms with E-state index in [1.807, 2.05) is 13.8 Å². The molecule has 0 spiro atoms. The van der Waals surface area contributed by atoms with Crippen LogP contribution in [0.1, 0.15) is 24.2 Å². The number of hydrogen-bond donors (Lipinski definition) is 1. The summed E-state index contributed by atoms with van der Waals surface area (Å²) in [6.07, 6.45) is 0. The van der Waals surface area contributed by atoms with Crippen molar-refractivity contribution >= 4 is 17.3 Å². The molecule has 6 heteroatoms. The van der Waals surface area contributed by atoms with Gasteiger partial charge in [-0.05, 0) is 26.0 Å². The molecule has 1 amide bonds. The molecule has 0 aliphatic carbocycles. The number of benzene rings is 1. The average Bonchev–Trinajstić information content (AvgIpc) is 2.39. The molecule has 0 saturated heterocycles. The van der Waals surface area contributed by atoms with Crippen LogP contribution in [0.4, 0.5) is 11.4 Å². The maximum atomic E-state index is 12.1. The van der Waals surface area contributed by atoms with Gasteiger partial charge >= 0.3 is 0 Å². The van der Waals surface area contributed by atoms with E-state index in [0.717, 1.165) is 0 Å². The van der Waals surface area contributed by atoms with Crippen molar-refractivity contribution in [2.45, 2.75) is 13.8 Å². The van der Waals surface area contributed by atoms with E-state index in [4.69, 9.17) is 0 Å². The molecule has 0 bridgehead atoms. The molecule has 98 valence electrons. The van der Waals surface area contributed by atoms with Crippen LogP contribution in [0.15, 0.2) is 18.2 Å².